The molecule has 1 amide bonds. The number of amides is 1. The maximum atomic E-state index is 11.3. The predicted molar refractivity (Wildman–Crippen MR) is 59.5 cm³/mol. The summed E-state index contributed by atoms with van der Waals surface area (Å²) in [5.41, 5.74) is 4.26. The van der Waals surface area contributed by atoms with Crippen molar-refractivity contribution in [3.8, 4) is 0 Å². The molecule has 1 aromatic rings. The van der Waals surface area contributed by atoms with Crippen LogP contribution >= 0.6 is 11.6 Å². The summed E-state index contributed by atoms with van der Waals surface area (Å²) in [5.74, 6) is -0.512. The van der Waals surface area contributed by atoms with Gasteiger partial charge in [-0.15, -0.1) is 0 Å². The first-order valence-corrected chi connectivity index (χ1v) is 4.82. The molecule has 82 valence electrons. The van der Waals surface area contributed by atoms with E-state index in [0.29, 0.717) is 10.7 Å². The van der Waals surface area contributed by atoms with Crippen molar-refractivity contribution in [2.24, 2.45) is 0 Å². The molecule has 0 radical (unpaired) electrons. The third-order valence-electron chi connectivity index (χ3n) is 1.70. The SMILES string of the molecule is CC(C)(O)C(=O)NNc1cccc(Cl)c1. The van der Waals surface area contributed by atoms with E-state index in [-0.39, 0.29) is 0 Å². The van der Waals surface area contributed by atoms with Crippen molar-refractivity contribution in [2.75, 3.05) is 5.43 Å². The van der Waals surface area contributed by atoms with Crippen molar-refractivity contribution >= 4 is 23.2 Å². The lowest BCUT2D eigenvalue weighted by Crippen LogP contribution is -2.44. The molecular formula is C10H13ClN2O2. The van der Waals surface area contributed by atoms with Crippen LogP contribution in [0, 0.1) is 0 Å². The molecule has 0 unspecified atom stereocenters. The lowest BCUT2D eigenvalue weighted by atomic mass is 10.1. The Balaban J connectivity index is 2.55. The molecule has 0 bridgehead atoms. The Morgan fingerprint density at radius 1 is 1.47 bits per heavy atom. The van der Waals surface area contributed by atoms with Gasteiger partial charge in [-0.2, -0.15) is 0 Å². The molecule has 3 N–H and O–H groups in total. The van der Waals surface area contributed by atoms with Crippen LogP contribution in [0.25, 0.3) is 0 Å². The Labute approximate surface area is 93.2 Å². The predicted octanol–water partition coefficient (Wildman–Crippen LogP) is 1.55. The second kappa shape index (κ2) is 4.51. The Bertz CT molecular complexity index is 361. The van der Waals surface area contributed by atoms with Crippen molar-refractivity contribution < 1.29 is 9.90 Å². The van der Waals surface area contributed by atoms with Crippen LogP contribution in [0.4, 0.5) is 5.69 Å². The van der Waals surface area contributed by atoms with Crippen LogP contribution in [0.2, 0.25) is 5.02 Å². The van der Waals surface area contributed by atoms with E-state index in [0.717, 1.165) is 0 Å². The van der Waals surface area contributed by atoms with Crippen LogP contribution in [-0.2, 0) is 4.79 Å². The standard InChI is InChI=1S/C10H13ClN2O2/c1-10(2,15)9(14)13-12-8-5-3-4-7(11)6-8/h3-6,12,15H,1-2H3,(H,13,14). The molecule has 0 aliphatic carbocycles. The average Bonchev–Trinajstić information content (AvgIpc) is 2.12. The first kappa shape index (κ1) is 11.8. The van der Waals surface area contributed by atoms with E-state index >= 15 is 0 Å². The number of hydrazine groups is 1. The van der Waals surface area contributed by atoms with Crippen LogP contribution in [-0.4, -0.2) is 16.6 Å². The van der Waals surface area contributed by atoms with Gasteiger partial charge in [0.25, 0.3) is 5.91 Å². The van der Waals surface area contributed by atoms with Gasteiger partial charge in [0, 0.05) is 5.02 Å². The summed E-state index contributed by atoms with van der Waals surface area (Å²) in [6.45, 7) is 2.81. The fourth-order valence-electron chi connectivity index (χ4n) is 0.848. The number of nitrogens with one attached hydrogen (secondary N) is 2. The average molecular weight is 229 g/mol. The normalized spacial score (nSPS) is 10.9. The Hall–Kier alpha value is -1.26. The minimum atomic E-state index is -1.41. The smallest absolute Gasteiger partial charge is 0.269 e. The Morgan fingerprint density at radius 3 is 2.67 bits per heavy atom. The molecule has 0 heterocycles. The highest BCUT2D eigenvalue weighted by atomic mass is 35.5. The van der Waals surface area contributed by atoms with E-state index in [1.165, 1.54) is 13.8 Å². The Kier molecular flexibility index (Phi) is 3.55. The summed E-state index contributed by atoms with van der Waals surface area (Å²) >= 11 is 5.75. The fraction of sp³-hybridized carbons (Fsp3) is 0.300. The quantitative estimate of drug-likeness (QED) is 0.688. The second-order valence-corrected chi connectivity index (χ2v) is 4.08. The van der Waals surface area contributed by atoms with Crippen molar-refractivity contribution in [2.45, 2.75) is 19.4 Å². The van der Waals surface area contributed by atoms with Gasteiger partial charge in [0.05, 0.1) is 5.69 Å². The van der Waals surface area contributed by atoms with E-state index in [2.05, 4.69) is 10.9 Å². The molecule has 4 nitrogen and oxygen atoms in total. The highest BCUT2D eigenvalue weighted by molar-refractivity contribution is 6.30. The number of halogens is 1. The van der Waals surface area contributed by atoms with Crippen LogP contribution in [0.1, 0.15) is 13.8 Å². The maximum absolute atomic E-state index is 11.3. The molecule has 0 saturated heterocycles. The van der Waals surface area contributed by atoms with Crippen LogP contribution in [0.15, 0.2) is 24.3 Å². The van der Waals surface area contributed by atoms with Gasteiger partial charge in [0.15, 0.2) is 0 Å². The third-order valence-corrected chi connectivity index (χ3v) is 1.94. The van der Waals surface area contributed by atoms with Gasteiger partial charge in [-0.25, -0.2) is 0 Å². The van der Waals surface area contributed by atoms with Gasteiger partial charge in [-0.1, -0.05) is 17.7 Å². The number of carbonyl (C=O) groups is 1. The van der Waals surface area contributed by atoms with Crippen molar-refractivity contribution in [1.29, 1.82) is 0 Å². The van der Waals surface area contributed by atoms with Gasteiger partial charge in [-0.3, -0.25) is 15.6 Å². The molecule has 5 heteroatoms. The van der Waals surface area contributed by atoms with E-state index in [4.69, 9.17) is 11.6 Å². The largest absolute Gasteiger partial charge is 0.381 e. The van der Waals surface area contributed by atoms with Crippen LogP contribution < -0.4 is 10.9 Å². The lowest BCUT2D eigenvalue weighted by molar-refractivity contribution is -0.135. The van der Waals surface area contributed by atoms with E-state index in [1.54, 1.807) is 24.3 Å². The minimum absolute atomic E-state index is 0.512. The zero-order chi connectivity index (χ0) is 11.5. The molecular weight excluding hydrogens is 216 g/mol. The van der Waals surface area contributed by atoms with Gasteiger partial charge < -0.3 is 5.11 Å². The second-order valence-electron chi connectivity index (χ2n) is 3.65. The zero-order valence-electron chi connectivity index (χ0n) is 8.54. The molecule has 0 fully saturated rings. The first-order valence-electron chi connectivity index (χ1n) is 4.44. The summed E-state index contributed by atoms with van der Waals surface area (Å²) in [6, 6.07) is 6.88. The van der Waals surface area contributed by atoms with E-state index < -0.39 is 11.5 Å². The molecule has 0 aromatic heterocycles. The van der Waals surface area contributed by atoms with Crippen LogP contribution in [0.5, 0.6) is 0 Å². The molecule has 0 spiro atoms. The van der Waals surface area contributed by atoms with Gasteiger partial charge in [0.2, 0.25) is 0 Å². The summed E-state index contributed by atoms with van der Waals surface area (Å²) in [4.78, 5) is 11.3. The number of hydrogen-bond acceptors (Lipinski definition) is 3. The number of hydrogen-bond donors (Lipinski definition) is 3. The summed E-state index contributed by atoms with van der Waals surface area (Å²) in [7, 11) is 0. The van der Waals surface area contributed by atoms with Gasteiger partial charge in [0.1, 0.15) is 5.60 Å². The molecule has 15 heavy (non-hydrogen) atoms. The number of rotatable bonds is 3. The maximum Gasteiger partial charge on any atom is 0.269 e. The molecule has 1 rings (SSSR count). The number of aliphatic hydroxyl groups is 1. The highest BCUT2D eigenvalue weighted by Gasteiger charge is 2.23. The van der Waals surface area contributed by atoms with E-state index in [1.807, 2.05) is 0 Å². The topological polar surface area (TPSA) is 61.4 Å². The Morgan fingerprint density at radius 2 is 2.13 bits per heavy atom. The molecule has 0 saturated carbocycles. The zero-order valence-corrected chi connectivity index (χ0v) is 9.30. The van der Waals surface area contributed by atoms with Crippen molar-refractivity contribution in [1.82, 2.24) is 5.43 Å². The van der Waals surface area contributed by atoms with Gasteiger partial charge in [-0.05, 0) is 32.0 Å². The molecule has 0 aliphatic heterocycles. The highest BCUT2D eigenvalue weighted by Crippen LogP contribution is 2.14. The van der Waals surface area contributed by atoms with E-state index in [9.17, 15) is 9.90 Å². The minimum Gasteiger partial charge on any atom is -0.381 e. The number of benzene rings is 1. The fourth-order valence-corrected chi connectivity index (χ4v) is 1.04. The van der Waals surface area contributed by atoms with Crippen molar-refractivity contribution in [3.63, 3.8) is 0 Å². The number of carbonyl (C=O) groups excluding carboxylic acids is 1. The van der Waals surface area contributed by atoms with Crippen LogP contribution in [0.3, 0.4) is 0 Å². The summed E-state index contributed by atoms with van der Waals surface area (Å²) in [5, 5.41) is 9.91. The van der Waals surface area contributed by atoms with Gasteiger partial charge >= 0.3 is 0 Å². The number of anilines is 1. The van der Waals surface area contributed by atoms with Crippen molar-refractivity contribution in [3.05, 3.63) is 29.3 Å². The molecule has 0 aliphatic rings. The monoisotopic (exact) mass is 228 g/mol. The lowest BCUT2D eigenvalue weighted by Gasteiger charge is -2.17. The first-order chi connectivity index (χ1) is 6.89. The summed E-state index contributed by atoms with van der Waals surface area (Å²) < 4.78 is 0. The third kappa shape index (κ3) is 3.77. The molecule has 1 aromatic carbocycles. The molecule has 0 atom stereocenters. The summed E-state index contributed by atoms with van der Waals surface area (Å²) in [6.07, 6.45) is 0.